The van der Waals surface area contributed by atoms with Gasteiger partial charge in [0.25, 0.3) is 10.0 Å². The molecule has 0 bridgehead atoms. The van der Waals surface area contributed by atoms with E-state index in [-0.39, 0.29) is 17.9 Å². The highest BCUT2D eigenvalue weighted by atomic mass is 32.2. The summed E-state index contributed by atoms with van der Waals surface area (Å²) in [5.74, 6) is -1.46. The molecular weight excluding hydrogens is 443 g/mol. The van der Waals surface area contributed by atoms with Crippen molar-refractivity contribution in [1.82, 2.24) is 4.57 Å². The Labute approximate surface area is 191 Å². The standard InChI is InChI=1S/C25H23FN2O4S/c1-17-21(22-15-19(26)12-13-23(22)28(17)16-25(29)30)14-18-8-6-7-11-24(18)33(31,32)27(2)20-9-4-3-5-10-20/h3-13,15H,14,16H2,1-2H3,(H,29,30). The molecule has 0 spiro atoms. The van der Waals surface area contributed by atoms with Gasteiger partial charge in [-0.15, -0.1) is 0 Å². The summed E-state index contributed by atoms with van der Waals surface area (Å²) < 4.78 is 43.9. The second kappa shape index (κ2) is 8.71. The van der Waals surface area contributed by atoms with Crippen LogP contribution in [0.3, 0.4) is 0 Å². The summed E-state index contributed by atoms with van der Waals surface area (Å²) in [6.07, 6.45) is 0.205. The van der Waals surface area contributed by atoms with Crippen LogP contribution in [0, 0.1) is 12.7 Å². The van der Waals surface area contributed by atoms with Crippen LogP contribution < -0.4 is 4.31 Å². The molecule has 0 saturated carbocycles. The van der Waals surface area contributed by atoms with Crippen molar-refractivity contribution in [3.05, 3.63) is 95.4 Å². The molecule has 33 heavy (non-hydrogen) atoms. The molecule has 0 saturated heterocycles. The molecule has 8 heteroatoms. The van der Waals surface area contributed by atoms with Crippen LogP contribution in [0.1, 0.15) is 16.8 Å². The normalized spacial score (nSPS) is 11.6. The van der Waals surface area contributed by atoms with Crippen molar-refractivity contribution in [1.29, 1.82) is 0 Å². The van der Waals surface area contributed by atoms with Crippen LogP contribution in [0.25, 0.3) is 10.9 Å². The van der Waals surface area contributed by atoms with Gasteiger partial charge in [-0.25, -0.2) is 12.8 Å². The van der Waals surface area contributed by atoms with Crippen molar-refractivity contribution in [2.45, 2.75) is 24.8 Å². The Morgan fingerprint density at radius 1 is 1.03 bits per heavy atom. The summed E-state index contributed by atoms with van der Waals surface area (Å²) in [7, 11) is -2.37. The van der Waals surface area contributed by atoms with Gasteiger partial charge in [-0.1, -0.05) is 36.4 Å². The monoisotopic (exact) mass is 466 g/mol. The van der Waals surface area contributed by atoms with Crippen LogP contribution in [-0.2, 0) is 27.8 Å². The Hall–Kier alpha value is -3.65. The Morgan fingerprint density at radius 3 is 2.39 bits per heavy atom. The van der Waals surface area contributed by atoms with Gasteiger partial charge < -0.3 is 9.67 Å². The Balaban J connectivity index is 1.83. The van der Waals surface area contributed by atoms with E-state index in [9.17, 15) is 22.7 Å². The first-order chi connectivity index (χ1) is 15.7. The lowest BCUT2D eigenvalue weighted by atomic mass is 10.0. The smallest absolute Gasteiger partial charge is 0.323 e. The number of hydrogen-bond acceptors (Lipinski definition) is 3. The zero-order chi connectivity index (χ0) is 23.8. The molecule has 0 aliphatic carbocycles. The van der Waals surface area contributed by atoms with E-state index in [1.54, 1.807) is 66.1 Å². The molecule has 0 amide bonds. The molecule has 4 rings (SSSR count). The lowest BCUT2D eigenvalue weighted by Crippen LogP contribution is -2.27. The van der Waals surface area contributed by atoms with E-state index in [0.717, 1.165) is 0 Å². The highest BCUT2D eigenvalue weighted by Crippen LogP contribution is 2.32. The predicted octanol–water partition coefficient (Wildman–Crippen LogP) is 4.59. The molecule has 0 aliphatic heterocycles. The molecule has 0 aliphatic rings. The van der Waals surface area contributed by atoms with Crippen LogP contribution in [0.4, 0.5) is 10.1 Å². The third-order valence-electron chi connectivity index (χ3n) is 5.81. The van der Waals surface area contributed by atoms with Crippen LogP contribution in [-0.4, -0.2) is 31.1 Å². The summed E-state index contributed by atoms with van der Waals surface area (Å²) in [6, 6.07) is 19.7. The molecule has 0 radical (unpaired) electrons. The van der Waals surface area contributed by atoms with Crippen molar-refractivity contribution < 1.29 is 22.7 Å². The van der Waals surface area contributed by atoms with Gasteiger partial charge in [0.2, 0.25) is 0 Å². The lowest BCUT2D eigenvalue weighted by molar-refractivity contribution is -0.137. The Bertz CT molecular complexity index is 1450. The van der Waals surface area contributed by atoms with Crippen molar-refractivity contribution in [3.63, 3.8) is 0 Å². The summed E-state index contributed by atoms with van der Waals surface area (Å²) in [5.41, 5.74) is 3.01. The first-order valence-corrected chi connectivity index (χ1v) is 11.7. The lowest BCUT2D eigenvalue weighted by Gasteiger charge is -2.21. The topological polar surface area (TPSA) is 79.6 Å². The molecule has 6 nitrogen and oxygen atoms in total. The first-order valence-electron chi connectivity index (χ1n) is 10.3. The van der Waals surface area contributed by atoms with Crippen LogP contribution >= 0.6 is 0 Å². The molecule has 1 aromatic heterocycles. The van der Waals surface area contributed by atoms with E-state index in [1.165, 1.54) is 23.5 Å². The van der Waals surface area contributed by atoms with Gasteiger partial charge in [-0.05, 0) is 54.4 Å². The number of aliphatic carboxylic acids is 1. The number of para-hydroxylation sites is 1. The zero-order valence-corrected chi connectivity index (χ0v) is 19.0. The van der Waals surface area contributed by atoms with Gasteiger partial charge in [-0.3, -0.25) is 9.10 Å². The minimum Gasteiger partial charge on any atom is -0.480 e. The molecular formula is C25H23FN2O4S. The predicted molar refractivity (Wildman–Crippen MR) is 126 cm³/mol. The quantitative estimate of drug-likeness (QED) is 0.432. The van der Waals surface area contributed by atoms with Gasteiger partial charge in [-0.2, -0.15) is 0 Å². The number of carboxylic acids is 1. The SMILES string of the molecule is Cc1c(Cc2ccccc2S(=O)(=O)N(C)c2ccccc2)c2cc(F)ccc2n1CC(=O)O. The second-order valence-corrected chi connectivity index (χ2v) is 9.74. The van der Waals surface area contributed by atoms with Crippen molar-refractivity contribution >= 4 is 32.6 Å². The number of fused-ring (bicyclic) bond motifs is 1. The van der Waals surface area contributed by atoms with E-state index in [0.29, 0.717) is 33.4 Å². The fraction of sp³-hybridized carbons (Fsp3) is 0.160. The number of rotatable bonds is 7. The van der Waals surface area contributed by atoms with E-state index in [1.807, 2.05) is 6.07 Å². The van der Waals surface area contributed by atoms with Gasteiger partial charge in [0.15, 0.2) is 0 Å². The van der Waals surface area contributed by atoms with E-state index in [4.69, 9.17) is 0 Å². The average molecular weight is 467 g/mol. The maximum absolute atomic E-state index is 14.1. The third kappa shape index (κ3) is 4.21. The fourth-order valence-corrected chi connectivity index (χ4v) is 5.52. The number of nitrogens with zero attached hydrogens (tertiary/aromatic N) is 2. The summed E-state index contributed by atoms with van der Waals surface area (Å²) in [6.45, 7) is 1.49. The number of halogens is 1. The van der Waals surface area contributed by atoms with Crippen molar-refractivity contribution in [2.24, 2.45) is 0 Å². The molecule has 0 atom stereocenters. The fourth-order valence-electron chi connectivity index (χ4n) is 4.10. The summed E-state index contributed by atoms with van der Waals surface area (Å²) >= 11 is 0. The first kappa shape index (κ1) is 22.5. The Morgan fingerprint density at radius 2 is 1.70 bits per heavy atom. The van der Waals surface area contributed by atoms with Crippen molar-refractivity contribution in [3.8, 4) is 0 Å². The number of carbonyl (C=O) groups is 1. The zero-order valence-electron chi connectivity index (χ0n) is 18.2. The molecule has 3 aromatic carbocycles. The Kier molecular flexibility index (Phi) is 5.95. The number of anilines is 1. The highest BCUT2D eigenvalue weighted by molar-refractivity contribution is 7.92. The third-order valence-corrected chi connectivity index (χ3v) is 7.69. The van der Waals surface area contributed by atoms with Crippen LogP contribution in [0.15, 0.2) is 77.7 Å². The number of aromatic nitrogens is 1. The molecule has 170 valence electrons. The maximum Gasteiger partial charge on any atom is 0.323 e. The number of sulfonamides is 1. The number of hydrogen-bond donors (Lipinski definition) is 1. The van der Waals surface area contributed by atoms with Crippen molar-refractivity contribution in [2.75, 3.05) is 11.4 Å². The van der Waals surface area contributed by atoms with Gasteiger partial charge in [0.05, 0.1) is 10.6 Å². The molecule has 0 unspecified atom stereocenters. The van der Waals surface area contributed by atoms with Crippen LogP contribution in [0.2, 0.25) is 0 Å². The maximum atomic E-state index is 14.1. The second-order valence-electron chi connectivity index (χ2n) is 7.80. The largest absolute Gasteiger partial charge is 0.480 e. The van der Waals surface area contributed by atoms with Crippen LogP contribution in [0.5, 0.6) is 0 Å². The van der Waals surface area contributed by atoms with Gasteiger partial charge >= 0.3 is 5.97 Å². The van der Waals surface area contributed by atoms with E-state index in [2.05, 4.69) is 0 Å². The molecule has 1 heterocycles. The molecule has 1 N–H and O–H groups in total. The number of carboxylic acid groups (broad SMARTS) is 1. The molecule has 4 aromatic rings. The minimum absolute atomic E-state index is 0.145. The molecule has 0 fully saturated rings. The minimum atomic E-state index is -3.87. The highest BCUT2D eigenvalue weighted by Gasteiger charge is 2.25. The summed E-state index contributed by atoms with van der Waals surface area (Å²) in [4.78, 5) is 11.6. The van der Waals surface area contributed by atoms with E-state index < -0.39 is 21.8 Å². The summed E-state index contributed by atoms with van der Waals surface area (Å²) in [5, 5.41) is 9.91. The van der Waals surface area contributed by atoms with E-state index >= 15 is 0 Å². The number of benzene rings is 3. The van der Waals surface area contributed by atoms with Gasteiger partial charge in [0.1, 0.15) is 12.4 Å². The van der Waals surface area contributed by atoms with Gasteiger partial charge in [0, 0.05) is 30.1 Å². The average Bonchev–Trinajstić information content (AvgIpc) is 3.04.